The molecule has 0 atom stereocenters. The van der Waals surface area contributed by atoms with Crippen LogP contribution in [0.2, 0.25) is 0 Å². The van der Waals surface area contributed by atoms with Gasteiger partial charge in [-0.15, -0.1) is 0 Å². The van der Waals surface area contributed by atoms with Gasteiger partial charge < -0.3 is 9.73 Å². The number of carbonyl (C=O) groups excluding carboxylic acids is 1. The molecule has 1 aromatic carbocycles. The average Bonchev–Trinajstić information content (AvgIpc) is 2.82. The van der Waals surface area contributed by atoms with Gasteiger partial charge in [0.25, 0.3) is 0 Å². The summed E-state index contributed by atoms with van der Waals surface area (Å²) in [6.45, 7) is 8.29. The summed E-state index contributed by atoms with van der Waals surface area (Å²) in [6, 6.07) is 7.99. The lowest BCUT2D eigenvalue weighted by molar-refractivity contribution is -0.116. The molecule has 0 radical (unpaired) electrons. The van der Waals surface area contributed by atoms with Gasteiger partial charge in [0, 0.05) is 25.5 Å². The largest absolute Gasteiger partial charge is 0.449 e. The van der Waals surface area contributed by atoms with Crippen LogP contribution in [0.25, 0.3) is 0 Å². The second-order valence-corrected chi connectivity index (χ2v) is 6.23. The molecule has 0 saturated heterocycles. The van der Waals surface area contributed by atoms with E-state index in [0.29, 0.717) is 18.7 Å². The summed E-state index contributed by atoms with van der Waals surface area (Å²) in [7, 11) is 0. The first kappa shape index (κ1) is 15.3. The zero-order valence-corrected chi connectivity index (χ0v) is 13.1. The number of aryl methyl sites for hydroxylation is 2. The number of hydrogen-bond acceptors (Lipinski definition) is 3. The highest BCUT2D eigenvalue weighted by atomic mass is 16.3. The van der Waals surface area contributed by atoms with E-state index < -0.39 is 0 Å². The molecule has 1 N–H and O–H groups in total. The molecule has 1 aromatic heterocycles. The quantitative estimate of drug-likeness (QED) is 0.928. The molecule has 0 fully saturated rings. The topological polar surface area (TPSA) is 55.1 Å². The van der Waals surface area contributed by atoms with Crippen LogP contribution in [0.1, 0.15) is 44.3 Å². The molecule has 0 bridgehead atoms. The zero-order chi connectivity index (χ0) is 15.5. The zero-order valence-electron chi connectivity index (χ0n) is 13.1. The fraction of sp³-hybridized carbons (Fsp3) is 0.412. The number of rotatable bonds is 4. The molecule has 2 aromatic rings. The summed E-state index contributed by atoms with van der Waals surface area (Å²) in [5.74, 6) is 0.613. The third-order valence-electron chi connectivity index (χ3n) is 3.31. The van der Waals surface area contributed by atoms with Crippen molar-refractivity contribution in [3.63, 3.8) is 0 Å². The molecule has 21 heavy (non-hydrogen) atoms. The lowest BCUT2D eigenvalue weighted by Gasteiger charge is -2.19. The molecule has 1 heterocycles. The molecule has 4 heteroatoms. The van der Waals surface area contributed by atoms with E-state index in [1.165, 1.54) is 5.56 Å². The summed E-state index contributed by atoms with van der Waals surface area (Å²) < 4.78 is 5.12. The fourth-order valence-corrected chi connectivity index (χ4v) is 2.04. The summed E-state index contributed by atoms with van der Waals surface area (Å²) in [6.07, 6.45) is 2.58. The molecule has 4 nitrogen and oxygen atoms in total. The minimum Gasteiger partial charge on any atom is -0.449 e. The van der Waals surface area contributed by atoms with Crippen LogP contribution >= 0.6 is 0 Å². The smallest absolute Gasteiger partial charge is 0.224 e. The Morgan fingerprint density at radius 1 is 1.24 bits per heavy atom. The number of carbonyl (C=O) groups is 1. The number of nitrogens with one attached hydrogen (secondary N) is 1. The Kier molecular flexibility index (Phi) is 4.46. The lowest BCUT2D eigenvalue weighted by Crippen LogP contribution is -2.14. The average molecular weight is 286 g/mol. The van der Waals surface area contributed by atoms with Crippen LogP contribution in [0.4, 0.5) is 5.69 Å². The number of amides is 1. The Morgan fingerprint density at radius 2 is 1.90 bits per heavy atom. The van der Waals surface area contributed by atoms with Gasteiger partial charge in [0.2, 0.25) is 5.91 Å². The Labute approximate surface area is 125 Å². The van der Waals surface area contributed by atoms with Crippen LogP contribution in [-0.2, 0) is 16.6 Å². The van der Waals surface area contributed by atoms with Crippen molar-refractivity contribution in [2.75, 3.05) is 5.32 Å². The highest BCUT2D eigenvalue weighted by molar-refractivity contribution is 5.90. The van der Waals surface area contributed by atoms with Crippen molar-refractivity contribution in [3.8, 4) is 0 Å². The van der Waals surface area contributed by atoms with E-state index in [4.69, 9.17) is 4.42 Å². The van der Waals surface area contributed by atoms with Crippen LogP contribution in [-0.4, -0.2) is 10.9 Å². The molecule has 0 spiro atoms. The summed E-state index contributed by atoms with van der Waals surface area (Å²) in [5.41, 5.74) is 3.00. The van der Waals surface area contributed by atoms with Crippen molar-refractivity contribution in [2.45, 2.75) is 46.0 Å². The summed E-state index contributed by atoms with van der Waals surface area (Å²) in [4.78, 5) is 16.1. The second-order valence-electron chi connectivity index (χ2n) is 6.23. The normalized spacial score (nSPS) is 11.4. The number of aromatic nitrogens is 1. The van der Waals surface area contributed by atoms with Crippen molar-refractivity contribution < 1.29 is 9.21 Å². The first-order valence-corrected chi connectivity index (χ1v) is 7.16. The fourth-order valence-electron chi connectivity index (χ4n) is 2.04. The number of benzene rings is 1. The predicted molar refractivity (Wildman–Crippen MR) is 83.3 cm³/mol. The van der Waals surface area contributed by atoms with Gasteiger partial charge in [-0.2, -0.15) is 0 Å². The van der Waals surface area contributed by atoms with Crippen molar-refractivity contribution >= 4 is 11.6 Å². The third-order valence-corrected chi connectivity index (χ3v) is 3.31. The van der Waals surface area contributed by atoms with Gasteiger partial charge in [-0.1, -0.05) is 32.9 Å². The van der Waals surface area contributed by atoms with Crippen molar-refractivity contribution in [1.29, 1.82) is 0 Å². The SMILES string of the molecule is Cc1nc(CCC(=O)Nc2ccc(C(C)(C)C)cc2)co1. The number of oxazole rings is 1. The Morgan fingerprint density at radius 3 is 2.43 bits per heavy atom. The molecular weight excluding hydrogens is 264 g/mol. The monoisotopic (exact) mass is 286 g/mol. The van der Waals surface area contributed by atoms with Crippen molar-refractivity contribution in [1.82, 2.24) is 4.98 Å². The number of nitrogens with zero attached hydrogens (tertiary/aromatic N) is 1. The van der Waals surface area contributed by atoms with Crippen LogP contribution < -0.4 is 5.32 Å². The second kappa shape index (κ2) is 6.12. The van der Waals surface area contributed by atoms with E-state index in [1.54, 1.807) is 13.2 Å². The number of hydrogen-bond donors (Lipinski definition) is 1. The van der Waals surface area contributed by atoms with Crippen LogP contribution in [0.3, 0.4) is 0 Å². The molecule has 0 unspecified atom stereocenters. The minimum absolute atomic E-state index is 0.0147. The third kappa shape index (κ3) is 4.45. The van der Waals surface area contributed by atoms with Crippen molar-refractivity contribution in [2.24, 2.45) is 0 Å². The highest BCUT2D eigenvalue weighted by Crippen LogP contribution is 2.23. The minimum atomic E-state index is -0.0147. The van der Waals surface area contributed by atoms with Crippen LogP contribution in [0.15, 0.2) is 34.9 Å². The van der Waals surface area contributed by atoms with E-state index >= 15 is 0 Å². The van der Waals surface area contributed by atoms with Gasteiger partial charge >= 0.3 is 0 Å². The van der Waals surface area contributed by atoms with E-state index in [2.05, 4.69) is 43.2 Å². The maximum atomic E-state index is 11.9. The van der Waals surface area contributed by atoms with E-state index in [1.807, 2.05) is 12.1 Å². The molecule has 0 saturated carbocycles. The molecule has 1 amide bonds. The van der Waals surface area contributed by atoms with Gasteiger partial charge in [-0.25, -0.2) is 4.98 Å². The Hall–Kier alpha value is -2.10. The van der Waals surface area contributed by atoms with Crippen LogP contribution in [0.5, 0.6) is 0 Å². The lowest BCUT2D eigenvalue weighted by atomic mass is 9.87. The van der Waals surface area contributed by atoms with E-state index in [-0.39, 0.29) is 11.3 Å². The van der Waals surface area contributed by atoms with Gasteiger partial charge in [-0.05, 0) is 23.1 Å². The molecule has 112 valence electrons. The Bertz CT molecular complexity index is 606. The summed E-state index contributed by atoms with van der Waals surface area (Å²) in [5, 5.41) is 2.90. The van der Waals surface area contributed by atoms with Gasteiger partial charge in [0.15, 0.2) is 5.89 Å². The molecule has 0 aliphatic carbocycles. The molecule has 0 aliphatic rings. The number of anilines is 1. The van der Waals surface area contributed by atoms with E-state index in [0.717, 1.165) is 11.4 Å². The maximum absolute atomic E-state index is 11.9. The molecule has 0 aliphatic heterocycles. The highest BCUT2D eigenvalue weighted by Gasteiger charge is 2.13. The van der Waals surface area contributed by atoms with Gasteiger partial charge in [0.1, 0.15) is 6.26 Å². The first-order chi connectivity index (χ1) is 9.84. The van der Waals surface area contributed by atoms with Gasteiger partial charge in [0.05, 0.1) is 5.69 Å². The standard InChI is InChI=1S/C17H22N2O2/c1-12-18-15(11-21-12)9-10-16(20)19-14-7-5-13(6-8-14)17(2,3)4/h5-8,11H,9-10H2,1-4H3,(H,19,20). The first-order valence-electron chi connectivity index (χ1n) is 7.16. The molecule has 2 rings (SSSR count). The maximum Gasteiger partial charge on any atom is 0.224 e. The van der Waals surface area contributed by atoms with Crippen molar-refractivity contribution in [3.05, 3.63) is 47.7 Å². The molecular formula is C17H22N2O2. The predicted octanol–water partition coefficient (Wildman–Crippen LogP) is 3.85. The summed E-state index contributed by atoms with van der Waals surface area (Å²) >= 11 is 0. The van der Waals surface area contributed by atoms with E-state index in [9.17, 15) is 4.79 Å². The Balaban J connectivity index is 1.88. The van der Waals surface area contributed by atoms with Gasteiger partial charge in [-0.3, -0.25) is 4.79 Å². The van der Waals surface area contributed by atoms with Crippen LogP contribution in [0, 0.1) is 6.92 Å².